The first-order chi connectivity index (χ1) is 14.2. The minimum absolute atomic E-state index is 0.114. The third kappa shape index (κ3) is 6.90. The number of benzene rings is 2. The summed E-state index contributed by atoms with van der Waals surface area (Å²) in [5.74, 6) is 0.649. The van der Waals surface area contributed by atoms with E-state index in [9.17, 15) is 9.59 Å². The summed E-state index contributed by atoms with van der Waals surface area (Å²) in [4.78, 5) is 27.4. The van der Waals surface area contributed by atoms with Crippen LogP contribution in [0.1, 0.15) is 43.0 Å². The zero-order valence-electron chi connectivity index (χ0n) is 19.0. The first-order valence-electron chi connectivity index (χ1n) is 10.5. The van der Waals surface area contributed by atoms with E-state index in [4.69, 9.17) is 4.74 Å². The van der Waals surface area contributed by atoms with Gasteiger partial charge < -0.3 is 15.0 Å². The molecule has 1 atom stereocenters. The zero-order chi connectivity index (χ0) is 22.3. The van der Waals surface area contributed by atoms with Gasteiger partial charge in [0.1, 0.15) is 11.8 Å². The molecular weight excluding hydrogens is 376 g/mol. The van der Waals surface area contributed by atoms with Gasteiger partial charge >= 0.3 is 0 Å². The topological polar surface area (TPSA) is 58.6 Å². The number of amides is 2. The van der Waals surface area contributed by atoms with Crippen molar-refractivity contribution in [3.05, 3.63) is 64.7 Å². The maximum atomic E-state index is 13.1. The number of nitrogens with one attached hydrogen (secondary N) is 1. The van der Waals surface area contributed by atoms with Crippen molar-refractivity contribution in [1.29, 1.82) is 0 Å². The van der Waals surface area contributed by atoms with Crippen LogP contribution >= 0.6 is 0 Å². The van der Waals surface area contributed by atoms with E-state index in [0.29, 0.717) is 24.8 Å². The normalized spacial score (nSPS) is 11.8. The number of nitrogens with zero attached hydrogens (tertiary/aromatic N) is 1. The molecule has 5 nitrogen and oxygen atoms in total. The van der Waals surface area contributed by atoms with Crippen LogP contribution in [0.15, 0.2) is 42.5 Å². The van der Waals surface area contributed by atoms with Gasteiger partial charge in [-0.25, -0.2) is 0 Å². The Morgan fingerprint density at radius 1 is 1.00 bits per heavy atom. The highest BCUT2D eigenvalue weighted by Gasteiger charge is 2.26. The van der Waals surface area contributed by atoms with Gasteiger partial charge in [0.25, 0.3) is 5.91 Å². The van der Waals surface area contributed by atoms with Gasteiger partial charge in [-0.1, -0.05) is 61.4 Å². The smallest absolute Gasteiger partial charge is 0.261 e. The SMILES string of the molecule is Cc1cccc(CN(C(=O)COc2ccc(C)cc2C)[C@H](C)C(=O)NCC(C)C)c1. The van der Waals surface area contributed by atoms with Gasteiger partial charge in [-0.15, -0.1) is 0 Å². The lowest BCUT2D eigenvalue weighted by Gasteiger charge is -2.29. The summed E-state index contributed by atoms with van der Waals surface area (Å²) < 4.78 is 5.80. The van der Waals surface area contributed by atoms with E-state index in [1.165, 1.54) is 0 Å². The molecule has 2 rings (SSSR count). The molecule has 0 saturated heterocycles. The van der Waals surface area contributed by atoms with E-state index in [2.05, 4.69) is 5.32 Å². The van der Waals surface area contributed by atoms with Gasteiger partial charge in [0.05, 0.1) is 0 Å². The number of carbonyl (C=O) groups excluding carboxylic acids is 2. The highest BCUT2D eigenvalue weighted by atomic mass is 16.5. The average molecular weight is 411 g/mol. The van der Waals surface area contributed by atoms with Crippen molar-refractivity contribution in [3.63, 3.8) is 0 Å². The minimum Gasteiger partial charge on any atom is -0.483 e. The predicted octanol–water partition coefficient (Wildman–Crippen LogP) is 4.18. The Labute approximate surface area is 180 Å². The first-order valence-corrected chi connectivity index (χ1v) is 10.5. The van der Waals surface area contributed by atoms with Gasteiger partial charge in [-0.3, -0.25) is 9.59 Å². The summed E-state index contributed by atoms with van der Waals surface area (Å²) in [5.41, 5.74) is 4.22. The van der Waals surface area contributed by atoms with Crippen LogP contribution in [0.2, 0.25) is 0 Å². The summed E-state index contributed by atoms with van der Waals surface area (Å²) in [6, 6.07) is 13.2. The molecule has 0 unspecified atom stereocenters. The van der Waals surface area contributed by atoms with Crippen molar-refractivity contribution in [2.24, 2.45) is 5.92 Å². The van der Waals surface area contributed by atoms with Crippen LogP contribution in [-0.4, -0.2) is 35.9 Å². The fourth-order valence-corrected chi connectivity index (χ4v) is 3.23. The lowest BCUT2D eigenvalue weighted by Crippen LogP contribution is -2.49. The fourth-order valence-electron chi connectivity index (χ4n) is 3.23. The number of aryl methyl sites for hydroxylation is 3. The standard InChI is InChI=1S/C25H34N2O3/c1-17(2)14-26-25(29)21(6)27(15-22-9-7-8-18(3)13-22)24(28)16-30-23-11-10-19(4)12-20(23)5/h7-13,17,21H,14-16H2,1-6H3,(H,26,29)/t21-/m1/s1. The van der Waals surface area contributed by atoms with Crippen molar-refractivity contribution < 1.29 is 14.3 Å². The summed E-state index contributed by atoms with van der Waals surface area (Å²) in [7, 11) is 0. The highest BCUT2D eigenvalue weighted by molar-refractivity contribution is 5.88. The highest BCUT2D eigenvalue weighted by Crippen LogP contribution is 2.19. The quantitative estimate of drug-likeness (QED) is 0.675. The molecule has 2 amide bonds. The van der Waals surface area contributed by atoms with Crippen LogP contribution in [0.4, 0.5) is 0 Å². The Balaban J connectivity index is 2.15. The van der Waals surface area contributed by atoms with Gasteiger partial charge in [-0.2, -0.15) is 0 Å². The molecule has 1 N–H and O–H groups in total. The molecule has 30 heavy (non-hydrogen) atoms. The molecule has 0 aromatic heterocycles. The van der Waals surface area contributed by atoms with E-state index >= 15 is 0 Å². The maximum Gasteiger partial charge on any atom is 0.261 e. The molecule has 0 fully saturated rings. The lowest BCUT2D eigenvalue weighted by atomic mass is 10.1. The van der Waals surface area contributed by atoms with Crippen molar-refractivity contribution in [2.75, 3.05) is 13.2 Å². The largest absolute Gasteiger partial charge is 0.483 e. The summed E-state index contributed by atoms with van der Waals surface area (Å²) in [6.07, 6.45) is 0. The van der Waals surface area contributed by atoms with Crippen LogP contribution in [0.3, 0.4) is 0 Å². The van der Waals surface area contributed by atoms with Crippen LogP contribution in [-0.2, 0) is 16.1 Å². The van der Waals surface area contributed by atoms with Gasteiger partial charge in [-0.05, 0) is 50.8 Å². The third-order valence-electron chi connectivity index (χ3n) is 4.97. The van der Waals surface area contributed by atoms with E-state index in [-0.39, 0.29) is 18.4 Å². The zero-order valence-corrected chi connectivity index (χ0v) is 19.0. The molecule has 0 spiro atoms. The second kappa shape index (κ2) is 10.8. The number of hydrogen-bond acceptors (Lipinski definition) is 3. The molecule has 0 bridgehead atoms. The molecule has 0 aliphatic rings. The molecule has 0 aliphatic heterocycles. The third-order valence-corrected chi connectivity index (χ3v) is 4.97. The molecule has 0 heterocycles. The minimum atomic E-state index is -0.598. The lowest BCUT2D eigenvalue weighted by molar-refractivity contribution is -0.142. The van der Waals surface area contributed by atoms with Gasteiger partial charge in [0, 0.05) is 13.1 Å². The van der Waals surface area contributed by atoms with Gasteiger partial charge in [0.2, 0.25) is 5.91 Å². The molecule has 0 radical (unpaired) electrons. The van der Waals surface area contributed by atoms with E-state index in [0.717, 1.165) is 22.3 Å². The number of rotatable bonds is 9. The van der Waals surface area contributed by atoms with Crippen molar-refractivity contribution in [2.45, 2.75) is 54.1 Å². The van der Waals surface area contributed by atoms with E-state index < -0.39 is 6.04 Å². The number of hydrogen-bond donors (Lipinski definition) is 1. The average Bonchev–Trinajstić information content (AvgIpc) is 2.68. The summed E-state index contributed by atoms with van der Waals surface area (Å²) >= 11 is 0. The van der Waals surface area contributed by atoms with Crippen LogP contribution in [0.5, 0.6) is 5.75 Å². The van der Waals surface area contributed by atoms with Gasteiger partial charge in [0.15, 0.2) is 6.61 Å². The molecule has 2 aromatic rings. The molecule has 0 saturated carbocycles. The van der Waals surface area contributed by atoms with Crippen molar-refractivity contribution in [3.8, 4) is 5.75 Å². The van der Waals surface area contributed by atoms with Crippen molar-refractivity contribution >= 4 is 11.8 Å². The molecular formula is C25H34N2O3. The maximum absolute atomic E-state index is 13.1. The molecule has 5 heteroatoms. The predicted molar refractivity (Wildman–Crippen MR) is 120 cm³/mol. The second-order valence-electron chi connectivity index (χ2n) is 8.38. The van der Waals surface area contributed by atoms with E-state index in [1.807, 2.05) is 77.1 Å². The molecule has 0 aliphatic carbocycles. The number of ether oxygens (including phenoxy) is 1. The Bertz CT molecular complexity index is 876. The first kappa shape index (κ1) is 23.5. The van der Waals surface area contributed by atoms with Crippen molar-refractivity contribution in [1.82, 2.24) is 10.2 Å². The van der Waals surface area contributed by atoms with Crippen LogP contribution in [0, 0.1) is 26.7 Å². The second-order valence-corrected chi connectivity index (χ2v) is 8.38. The van der Waals surface area contributed by atoms with Crippen LogP contribution < -0.4 is 10.1 Å². The molecule has 2 aromatic carbocycles. The van der Waals surface area contributed by atoms with E-state index in [1.54, 1.807) is 11.8 Å². The Morgan fingerprint density at radius 2 is 1.70 bits per heavy atom. The molecule has 162 valence electrons. The fraction of sp³-hybridized carbons (Fsp3) is 0.440. The Morgan fingerprint density at radius 3 is 2.33 bits per heavy atom. The van der Waals surface area contributed by atoms with Crippen LogP contribution in [0.25, 0.3) is 0 Å². The monoisotopic (exact) mass is 410 g/mol. The number of carbonyl (C=O) groups is 2. The summed E-state index contributed by atoms with van der Waals surface area (Å²) in [6.45, 7) is 12.6. The Hall–Kier alpha value is -2.82. The Kier molecular flexibility index (Phi) is 8.46. The summed E-state index contributed by atoms with van der Waals surface area (Å²) in [5, 5.41) is 2.93.